The lowest BCUT2D eigenvalue weighted by molar-refractivity contribution is 0.0602. The number of nitrogens with two attached hydrogens (primary N) is 1. The standard InChI is InChI=1S/C13H15N5O2/c1-15-11-10(14)12(17-7-16-11)18-9-6-4-3-5-8(9)13(19)20-2/h3-7H,14H2,1-2H3,(H2,15,16,17,18). The van der Waals surface area contributed by atoms with Crippen LogP contribution in [0.4, 0.5) is 23.0 Å². The van der Waals surface area contributed by atoms with Gasteiger partial charge in [0.2, 0.25) is 0 Å². The van der Waals surface area contributed by atoms with Crippen LogP contribution in [0.15, 0.2) is 30.6 Å². The zero-order valence-corrected chi connectivity index (χ0v) is 11.2. The molecule has 104 valence electrons. The molecule has 7 heteroatoms. The maximum absolute atomic E-state index is 11.7. The van der Waals surface area contributed by atoms with Crippen molar-refractivity contribution < 1.29 is 9.53 Å². The number of nitrogens with one attached hydrogen (secondary N) is 2. The molecule has 0 saturated carbocycles. The van der Waals surface area contributed by atoms with Crippen LogP contribution in [0.2, 0.25) is 0 Å². The molecule has 1 aromatic carbocycles. The van der Waals surface area contributed by atoms with Crippen LogP contribution >= 0.6 is 0 Å². The van der Waals surface area contributed by atoms with Crippen molar-refractivity contribution in [2.45, 2.75) is 0 Å². The molecular weight excluding hydrogens is 258 g/mol. The summed E-state index contributed by atoms with van der Waals surface area (Å²) >= 11 is 0. The van der Waals surface area contributed by atoms with Crippen LogP contribution in [-0.4, -0.2) is 30.1 Å². The van der Waals surface area contributed by atoms with Crippen molar-refractivity contribution in [3.05, 3.63) is 36.2 Å². The Balaban J connectivity index is 2.38. The summed E-state index contributed by atoms with van der Waals surface area (Å²) in [5.74, 6) is 0.494. The lowest BCUT2D eigenvalue weighted by Crippen LogP contribution is -2.08. The van der Waals surface area contributed by atoms with Gasteiger partial charge in [0.25, 0.3) is 0 Å². The first kappa shape index (κ1) is 13.6. The van der Waals surface area contributed by atoms with Crippen LogP contribution < -0.4 is 16.4 Å². The fourth-order valence-corrected chi connectivity index (χ4v) is 1.70. The van der Waals surface area contributed by atoms with E-state index in [9.17, 15) is 4.79 Å². The van der Waals surface area contributed by atoms with Gasteiger partial charge in [-0.25, -0.2) is 14.8 Å². The average molecular weight is 273 g/mol. The normalized spacial score (nSPS) is 9.90. The number of methoxy groups -OCH3 is 1. The third-order valence-corrected chi connectivity index (χ3v) is 2.71. The maximum Gasteiger partial charge on any atom is 0.339 e. The van der Waals surface area contributed by atoms with E-state index in [-0.39, 0.29) is 0 Å². The highest BCUT2D eigenvalue weighted by Crippen LogP contribution is 2.27. The highest BCUT2D eigenvalue weighted by Gasteiger charge is 2.13. The molecule has 0 radical (unpaired) electrons. The summed E-state index contributed by atoms with van der Waals surface area (Å²) in [4.78, 5) is 19.8. The van der Waals surface area contributed by atoms with Gasteiger partial charge in [-0.2, -0.15) is 0 Å². The van der Waals surface area contributed by atoms with Gasteiger partial charge in [-0.05, 0) is 12.1 Å². The minimum absolute atomic E-state index is 0.370. The molecule has 7 nitrogen and oxygen atoms in total. The van der Waals surface area contributed by atoms with Gasteiger partial charge in [-0.15, -0.1) is 0 Å². The second-order valence-electron chi connectivity index (χ2n) is 3.90. The number of carbonyl (C=O) groups is 1. The van der Waals surface area contributed by atoms with Gasteiger partial charge in [0, 0.05) is 7.05 Å². The van der Waals surface area contributed by atoms with E-state index in [1.165, 1.54) is 13.4 Å². The summed E-state index contributed by atoms with van der Waals surface area (Å²) < 4.78 is 4.73. The molecule has 2 aromatic rings. The Morgan fingerprint density at radius 1 is 1.25 bits per heavy atom. The van der Waals surface area contributed by atoms with Crippen molar-refractivity contribution in [3.8, 4) is 0 Å². The summed E-state index contributed by atoms with van der Waals surface area (Å²) in [5.41, 5.74) is 7.27. The fraction of sp³-hybridized carbons (Fsp3) is 0.154. The largest absolute Gasteiger partial charge is 0.465 e. The van der Waals surface area contributed by atoms with Gasteiger partial charge in [-0.1, -0.05) is 12.1 Å². The molecule has 0 spiro atoms. The topological polar surface area (TPSA) is 102 Å². The van der Waals surface area contributed by atoms with E-state index in [0.717, 1.165) is 0 Å². The van der Waals surface area contributed by atoms with E-state index in [4.69, 9.17) is 10.5 Å². The molecular formula is C13H15N5O2. The van der Waals surface area contributed by atoms with Gasteiger partial charge in [0.1, 0.15) is 12.0 Å². The molecule has 2 rings (SSSR count). The Kier molecular flexibility index (Phi) is 3.99. The molecule has 0 bridgehead atoms. The quantitative estimate of drug-likeness (QED) is 0.727. The molecule has 0 saturated heterocycles. The Morgan fingerprint density at radius 3 is 2.65 bits per heavy atom. The number of ether oxygens (including phenoxy) is 1. The molecule has 1 heterocycles. The Morgan fingerprint density at radius 2 is 1.95 bits per heavy atom. The van der Waals surface area contributed by atoms with Gasteiger partial charge in [0.05, 0.1) is 18.4 Å². The van der Waals surface area contributed by atoms with Gasteiger partial charge in [0.15, 0.2) is 11.6 Å². The van der Waals surface area contributed by atoms with Crippen molar-refractivity contribution in [1.29, 1.82) is 0 Å². The zero-order valence-electron chi connectivity index (χ0n) is 11.2. The zero-order chi connectivity index (χ0) is 14.5. The van der Waals surface area contributed by atoms with Crippen LogP contribution in [0.3, 0.4) is 0 Å². The number of nitrogen functional groups attached to an aromatic ring is 1. The first-order valence-electron chi connectivity index (χ1n) is 5.90. The van der Waals surface area contributed by atoms with Crippen molar-refractivity contribution in [3.63, 3.8) is 0 Å². The van der Waals surface area contributed by atoms with Crippen molar-refractivity contribution >= 4 is 29.0 Å². The first-order valence-corrected chi connectivity index (χ1v) is 5.90. The Bertz CT molecular complexity index is 630. The Hall–Kier alpha value is -2.83. The SMILES string of the molecule is CNc1ncnc(Nc2ccccc2C(=O)OC)c1N. The van der Waals surface area contributed by atoms with E-state index in [2.05, 4.69) is 20.6 Å². The van der Waals surface area contributed by atoms with E-state index in [1.807, 2.05) is 0 Å². The molecule has 4 N–H and O–H groups in total. The second-order valence-corrected chi connectivity index (χ2v) is 3.90. The third kappa shape index (κ3) is 2.61. The highest BCUT2D eigenvalue weighted by molar-refractivity contribution is 5.97. The number of hydrogen-bond donors (Lipinski definition) is 3. The molecule has 0 unspecified atom stereocenters. The van der Waals surface area contributed by atoms with E-state index in [0.29, 0.717) is 28.6 Å². The third-order valence-electron chi connectivity index (χ3n) is 2.71. The highest BCUT2D eigenvalue weighted by atomic mass is 16.5. The van der Waals surface area contributed by atoms with Crippen LogP contribution in [-0.2, 0) is 4.74 Å². The lowest BCUT2D eigenvalue weighted by Gasteiger charge is -2.12. The summed E-state index contributed by atoms with van der Waals surface area (Å²) in [6.07, 6.45) is 1.38. The lowest BCUT2D eigenvalue weighted by atomic mass is 10.2. The smallest absolute Gasteiger partial charge is 0.339 e. The van der Waals surface area contributed by atoms with Crippen LogP contribution in [0, 0.1) is 0 Å². The number of aromatic nitrogens is 2. The van der Waals surface area contributed by atoms with E-state index < -0.39 is 5.97 Å². The minimum atomic E-state index is -0.436. The molecule has 0 amide bonds. The fourth-order valence-electron chi connectivity index (χ4n) is 1.70. The monoisotopic (exact) mass is 273 g/mol. The van der Waals surface area contributed by atoms with Crippen molar-refractivity contribution in [1.82, 2.24) is 9.97 Å². The number of carbonyl (C=O) groups excluding carboxylic acids is 1. The first-order chi connectivity index (χ1) is 9.67. The van der Waals surface area contributed by atoms with Crippen LogP contribution in [0.25, 0.3) is 0 Å². The molecule has 20 heavy (non-hydrogen) atoms. The van der Waals surface area contributed by atoms with Gasteiger partial charge in [-0.3, -0.25) is 0 Å². The van der Waals surface area contributed by atoms with Crippen LogP contribution in [0.5, 0.6) is 0 Å². The average Bonchev–Trinajstić information content (AvgIpc) is 2.49. The Labute approximate surface area is 116 Å². The summed E-state index contributed by atoms with van der Waals surface area (Å²) in [5, 5.41) is 5.88. The minimum Gasteiger partial charge on any atom is -0.465 e. The number of esters is 1. The van der Waals surface area contributed by atoms with Crippen molar-refractivity contribution in [2.75, 3.05) is 30.5 Å². The predicted molar refractivity (Wildman–Crippen MR) is 77.1 cm³/mol. The van der Waals surface area contributed by atoms with Crippen molar-refractivity contribution in [2.24, 2.45) is 0 Å². The summed E-state index contributed by atoms with van der Waals surface area (Å²) in [6.45, 7) is 0. The number of rotatable bonds is 4. The number of hydrogen-bond acceptors (Lipinski definition) is 7. The van der Waals surface area contributed by atoms with Gasteiger partial charge >= 0.3 is 5.97 Å². The predicted octanol–water partition coefficient (Wildman–Crippen LogP) is 1.63. The molecule has 0 atom stereocenters. The molecule has 0 fully saturated rings. The van der Waals surface area contributed by atoms with Crippen LogP contribution in [0.1, 0.15) is 10.4 Å². The molecule has 0 aliphatic carbocycles. The maximum atomic E-state index is 11.7. The number of anilines is 4. The molecule has 0 aliphatic heterocycles. The number of para-hydroxylation sites is 1. The van der Waals surface area contributed by atoms with Gasteiger partial charge < -0.3 is 21.1 Å². The summed E-state index contributed by atoms with van der Waals surface area (Å²) in [7, 11) is 3.04. The summed E-state index contributed by atoms with van der Waals surface area (Å²) in [6, 6.07) is 6.95. The van der Waals surface area contributed by atoms with E-state index >= 15 is 0 Å². The second kappa shape index (κ2) is 5.87. The number of benzene rings is 1. The number of nitrogens with zero attached hydrogens (tertiary/aromatic N) is 2. The molecule has 1 aromatic heterocycles. The molecule has 0 aliphatic rings. The van der Waals surface area contributed by atoms with E-state index in [1.54, 1.807) is 31.3 Å².